The molecule has 0 saturated carbocycles. The van der Waals surface area contributed by atoms with Crippen LogP contribution in [0.2, 0.25) is 0 Å². The van der Waals surface area contributed by atoms with Crippen LogP contribution in [-0.2, 0) is 19.6 Å². The lowest BCUT2D eigenvalue weighted by Crippen LogP contribution is -2.40. The van der Waals surface area contributed by atoms with E-state index in [4.69, 9.17) is 11.5 Å². The maximum Gasteiger partial charge on any atom is 0.352 e. The molecule has 1 aromatic carbocycles. The monoisotopic (exact) mass is 371 g/mol. The molecular weight excluding hydrogens is 346 g/mol. The van der Waals surface area contributed by atoms with Crippen molar-refractivity contribution in [2.24, 2.45) is 11.5 Å². The number of fused-ring (bicyclic) bond motifs is 2. The summed E-state index contributed by atoms with van der Waals surface area (Å²) in [5.74, 6) is 0.259. The summed E-state index contributed by atoms with van der Waals surface area (Å²) in [5.41, 5.74) is 14.0. The summed E-state index contributed by atoms with van der Waals surface area (Å²) >= 11 is 0. The van der Waals surface area contributed by atoms with Gasteiger partial charge in [-0.25, -0.2) is 9.78 Å². The highest BCUT2D eigenvalue weighted by molar-refractivity contribution is 5.81. The van der Waals surface area contributed by atoms with Gasteiger partial charge in [0.15, 0.2) is 11.5 Å². The molecular formula is C18H25N7O2. The Morgan fingerprint density at radius 1 is 1.07 bits per heavy atom. The van der Waals surface area contributed by atoms with Crippen LogP contribution in [0.15, 0.2) is 21.7 Å². The van der Waals surface area contributed by atoms with Crippen LogP contribution in [0.4, 0.5) is 0 Å². The third-order valence-corrected chi connectivity index (χ3v) is 4.57. The Kier molecular flexibility index (Phi) is 5.64. The zero-order valence-electron chi connectivity index (χ0n) is 15.7. The molecule has 0 unspecified atom stereocenters. The number of benzene rings is 1. The summed E-state index contributed by atoms with van der Waals surface area (Å²) in [5, 5.41) is 3.31. The number of rotatable bonds is 7. The van der Waals surface area contributed by atoms with Crippen LogP contribution in [0.5, 0.6) is 0 Å². The molecule has 2 aliphatic heterocycles. The molecule has 0 bridgehead atoms. The smallest absolute Gasteiger partial charge is 0.329 e. The number of hydrogen-bond acceptors (Lipinski definition) is 7. The zero-order valence-corrected chi connectivity index (χ0v) is 15.7. The van der Waals surface area contributed by atoms with Gasteiger partial charge in [-0.1, -0.05) is 6.92 Å². The van der Waals surface area contributed by atoms with Crippen molar-refractivity contribution in [1.82, 2.24) is 24.4 Å². The fraction of sp³-hybridized carbons (Fsp3) is 0.444. The van der Waals surface area contributed by atoms with Gasteiger partial charge in [-0.15, -0.1) is 0 Å². The normalized spacial score (nSPS) is 11.6. The molecule has 144 valence electrons. The quantitative estimate of drug-likeness (QED) is 0.472. The summed E-state index contributed by atoms with van der Waals surface area (Å²) in [6, 6.07) is 3.97. The van der Waals surface area contributed by atoms with E-state index in [1.807, 2.05) is 30.5 Å². The number of aromatic nitrogens is 4. The van der Waals surface area contributed by atoms with Crippen LogP contribution >= 0.6 is 0 Å². The molecule has 0 spiro atoms. The number of nitrogens with zero attached hydrogens (tertiary/aromatic N) is 4. The maximum atomic E-state index is 12.8. The van der Waals surface area contributed by atoms with Gasteiger partial charge in [0.1, 0.15) is 0 Å². The number of hydrogen-bond donors (Lipinski definition) is 3. The molecule has 0 atom stereocenters. The molecule has 3 rings (SSSR count). The van der Waals surface area contributed by atoms with Crippen molar-refractivity contribution in [3.8, 4) is 11.5 Å². The van der Waals surface area contributed by atoms with E-state index in [1.165, 1.54) is 0 Å². The molecule has 0 aliphatic carbocycles. The minimum absolute atomic E-state index is 0.109. The topological polar surface area (TPSA) is 134 Å². The lowest BCUT2D eigenvalue weighted by Gasteiger charge is -2.19. The average molecular weight is 371 g/mol. The minimum Gasteiger partial charge on any atom is -0.329 e. The Balaban J connectivity index is 2.37. The van der Waals surface area contributed by atoms with Gasteiger partial charge < -0.3 is 21.4 Å². The Morgan fingerprint density at radius 3 is 2.44 bits per heavy atom. The second-order valence-electron chi connectivity index (χ2n) is 6.41. The van der Waals surface area contributed by atoms with Crippen molar-refractivity contribution in [1.29, 1.82) is 0 Å². The Bertz CT molecular complexity index is 1050. The molecule has 0 aromatic heterocycles. The van der Waals surface area contributed by atoms with Gasteiger partial charge >= 0.3 is 5.69 Å². The third kappa shape index (κ3) is 3.48. The second-order valence-corrected chi connectivity index (χ2v) is 6.41. The highest BCUT2D eigenvalue weighted by Crippen LogP contribution is 2.24. The van der Waals surface area contributed by atoms with Crippen LogP contribution < -0.4 is 28.0 Å². The largest absolute Gasteiger partial charge is 0.352 e. The highest BCUT2D eigenvalue weighted by atomic mass is 16.2. The first-order valence-electron chi connectivity index (χ1n) is 9.07. The van der Waals surface area contributed by atoms with E-state index in [2.05, 4.69) is 15.3 Å². The fourth-order valence-electron chi connectivity index (χ4n) is 3.20. The summed E-state index contributed by atoms with van der Waals surface area (Å²) in [7, 11) is 0. The molecule has 1 aromatic rings. The highest BCUT2D eigenvalue weighted by Gasteiger charge is 2.21. The van der Waals surface area contributed by atoms with E-state index in [-0.39, 0.29) is 24.6 Å². The molecule has 0 radical (unpaired) electrons. The Hall–Kier alpha value is -2.62. The van der Waals surface area contributed by atoms with Crippen LogP contribution in [0, 0.1) is 6.92 Å². The van der Waals surface area contributed by atoms with Gasteiger partial charge in [0.2, 0.25) is 0 Å². The van der Waals surface area contributed by atoms with E-state index in [0.717, 1.165) is 34.3 Å². The van der Waals surface area contributed by atoms with Crippen molar-refractivity contribution >= 4 is 11.0 Å². The zero-order chi connectivity index (χ0) is 19.6. The van der Waals surface area contributed by atoms with Gasteiger partial charge in [-0.3, -0.25) is 9.36 Å². The van der Waals surface area contributed by atoms with E-state index in [9.17, 15) is 9.59 Å². The maximum absolute atomic E-state index is 12.8. The SMILES string of the molecule is CCNCc1cc2c(cc1C)nc1c(=O)n(CCN)c(=O)nc-1n2CCN. The predicted octanol–water partition coefficient (Wildman–Crippen LogP) is -0.607. The first kappa shape index (κ1) is 19.2. The number of nitrogens with one attached hydrogen (secondary N) is 1. The molecule has 2 aliphatic rings. The van der Waals surface area contributed by atoms with Crippen molar-refractivity contribution in [3.63, 3.8) is 0 Å². The summed E-state index contributed by atoms with van der Waals surface area (Å²) in [6.45, 7) is 6.69. The number of nitrogens with two attached hydrogens (primary N) is 2. The van der Waals surface area contributed by atoms with Crippen molar-refractivity contribution < 1.29 is 0 Å². The Morgan fingerprint density at radius 2 is 1.78 bits per heavy atom. The van der Waals surface area contributed by atoms with Gasteiger partial charge in [0.05, 0.1) is 11.0 Å². The summed E-state index contributed by atoms with van der Waals surface area (Å²) in [4.78, 5) is 33.7. The first-order valence-corrected chi connectivity index (χ1v) is 9.07. The van der Waals surface area contributed by atoms with Gasteiger partial charge in [-0.2, -0.15) is 4.98 Å². The molecule has 9 heteroatoms. The molecule has 27 heavy (non-hydrogen) atoms. The van der Waals surface area contributed by atoms with Crippen LogP contribution in [0.1, 0.15) is 18.1 Å². The molecule has 5 N–H and O–H groups in total. The van der Waals surface area contributed by atoms with Gasteiger partial charge in [0, 0.05) is 32.7 Å². The fourth-order valence-corrected chi connectivity index (χ4v) is 3.20. The first-order chi connectivity index (χ1) is 13.0. The average Bonchev–Trinajstić information content (AvgIpc) is 2.64. The van der Waals surface area contributed by atoms with Crippen LogP contribution in [-0.4, -0.2) is 38.7 Å². The van der Waals surface area contributed by atoms with E-state index < -0.39 is 11.2 Å². The summed E-state index contributed by atoms with van der Waals surface area (Å²) < 4.78 is 2.84. The van der Waals surface area contributed by atoms with Crippen molar-refractivity contribution in [3.05, 3.63) is 44.1 Å². The van der Waals surface area contributed by atoms with Gasteiger partial charge in [-0.05, 0) is 36.7 Å². The van der Waals surface area contributed by atoms with Crippen molar-refractivity contribution in [2.45, 2.75) is 33.5 Å². The van der Waals surface area contributed by atoms with E-state index in [0.29, 0.717) is 18.6 Å². The number of aryl methyl sites for hydroxylation is 1. The summed E-state index contributed by atoms with van der Waals surface area (Å²) in [6.07, 6.45) is 0. The lowest BCUT2D eigenvalue weighted by molar-refractivity contribution is 0.622. The third-order valence-electron chi connectivity index (χ3n) is 4.57. The second kappa shape index (κ2) is 7.95. The predicted molar refractivity (Wildman–Crippen MR) is 105 cm³/mol. The molecule has 0 amide bonds. The molecule has 9 nitrogen and oxygen atoms in total. The molecule has 0 saturated heterocycles. The van der Waals surface area contributed by atoms with Crippen molar-refractivity contribution in [2.75, 3.05) is 19.6 Å². The van der Waals surface area contributed by atoms with E-state index in [1.54, 1.807) is 0 Å². The van der Waals surface area contributed by atoms with Crippen LogP contribution in [0.25, 0.3) is 22.6 Å². The Labute approximate surface area is 156 Å². The standard InChI is InChI=1S/C18H25N7O2/c1-3-21-10-12-9-14-13(8-11(12)2)22-15-16(24(14)6-4-19)23-18(27)25(7-5-20)17(15)26/h8-9,21H,3-7,10,19-20H2,1-2H3. The van der Waals surface area contributed by atoms with Crippen LogP contribution in [0.3, 0.4) is 0 Å². The van der Waals surface area contributed by atoms with Gasteiger partial charge in [0.25, 0.3) is 5.56 Å². The lowest BCUT2D eigenvalue weighted by atomic mass is 10.1. The molecule has 0 fully saturated rings. The minimum atomic E-state index is -0.621. The molecule has 2 heterocycles. The van der Waals surface area contributed by atoms with E-state index >= 15 is 0 Å².